The number of rotatable bonds is 6. The molecule has 3 heterocycles. The maximum atomic E-state index is 13.5. The summed E-state index contributed by atoms with van der Waals surface area (Å²) in [6.07, 6.45) is -0.682. The zero-order valence-electron chi connectivity index (χ0n) is 23.4. The largest absolute Gasteiger partial charge is 0.416 e. The molecule has 1 aliphatic rings. The number of imidazole rings is 1. The van der Waals surface area contributed by atoms with E-state index in [0.29, 0.717) is 48.1 Å². The highest BCUT2D eigenvalue weighted by Crippen LogP contribution is 2.37. The van der Waals surface area contributed by atoms with E-state index < -0.39 is 17.3 Å². The van der Waals surface area contributed by atoms with Gasteiger partial charge in [0.05, 0.1) is 17.5 Å². The van der Waals surface area contributed by atoms with Crippen molar-refractivity contribution in [2.75, 3.05) is 6.54 Å². The lowest BCUT2D eigenvalue weighted by Gasteiger charge is -2.34. The quantitative estimate of drug-likeness (QED) is 0.252. The molecule has 2 amide bonds. The Labute approximate surface area is 240 Å². The first-order valence-corrected chi connectivity index (χ1v) is 14.3. The van der Waals surface area contributed by atoms with Gasteiger partial charge in [0.2, 0.25) is 4.96 Å². The van der Waals surface area contributed by atoms with Gasteiger partial charge in [-0.05, 0) is 81.3 Å². The van der Waals surface area contributed by atoms with Crippen LogP contribution in [0.3, 0.4) is 0 Å². The molecule has 1 aliphatic heterocycles. The minimum atomic E-state index is -4.47. The third-order valence-corrected chi connectivity index (χ3v) is 7.85. The fourth-order valence-electron chi connectivity index (χ4n) is 5.17. The monoisotopic (exact) mass is 583 g/mol. The lowest BCUT2D eigenvalue weighted by molar-refractivity contribution is -0.137. The fourth-order valence-corrected chi connectivity index (χ4v) is 5.92. The van der Waals surface area contributed by atoms with Gasteiger partial charge in [0, 0.05) is 30.6 Å². The van der Waals surface area contributed by atoms with Gasteiger partial charge in [-0.2, -0.15) is 18.3 Å². The van der Waals surface area contributed by atoms with Crippen LogP contribution >= 0.6 is 11.3 Å². The molecule has 0 atom stereocenters. The topological polar surface area (TPSA) is 79.6 Å². The Morgan fingerprint density at radius 3 is 2.59 bits per heavy atom. The zero-order valence-corrected chi connectivity index (χ0v) is 24.2. The lowest BCUT2D eigenvalue weighted by atomic mass is 9.85. The number of benzene rings is 2. The number of nitrogens with one attached hydrogen (secondary N) is 1. The third kappa shape index (κ3) is 6.45. The van der Waals surface area contributed by atoms with E-state index in [9.17, 15) is 22.8 Å². The van der Waals surface area contributed by atoms with E-state index in [1.807, 2.05) is 33.9 Å². The third-order valence-electron chi connectivity index (χ3n) is 7.01. The summed E-state index contributed by atoms with van der Waals surface area (Å²) >= 11 is 1.51. The number of hydrogen-bond donors (Lipinski definition) is 1. The maximum Gasteiger partial charge on any atom is 0.416 e. The average Bonchev–Trinajstić information content (AvgIpc) is 3.43. The number of hydrogen-bond acceptors (Lipinski definition) is 5. The van der Waals surface area contributed by atoms with Crippen molar-refractivity contribution in [3.63, 3.8) is 0 Å². The highest BCUT2D eigenvalue weighted by molar-refractivity contribution is 7.16. The molecule has 0 spiro atoms. The molecule has 0 radical (unpaired) electrons. The van der Waals surface area contributed by atoms with Gasteiger partial charge >= 0.3 is 12.2 Å². The van der Waals surface area contributed by atoms with Crippen molar-refractivity contribution >= 4 is 28.1 Å². The van der Waals surface area contributed by atoms with Crippen molar-refractivity contribution in [2.45, 2.75) is 71.6 Å². The Hall–Kier alpha value is -3.73. The summed E-state index contributed by atoms with van der Waals surface area (Å²) in [7, 11) is 0. The Balaban J connectivity index is 1.42. The number of Topliss-reactive ketones (excluding diaryl/α,β-unsaturated/α-hetero) is 1. The number of aryl methyl sites for hydroxylation is 2. The summed E-state index contributed by atoms with van der Waals surface area (Å²) in [6.45, 7) is 8.20. The van der Waals surface area contributed by atoms with Crippen molar-refractivity contribution < 1.29 is 22.8 Å². The Morgan fingerprint density at radius 2 is 1.88 bits per heavy atom. The lowest BCUT2D eigenvalue weighted by Crippen LogP contribution is -2.50. The number of carbonyl (C=O) groups excluding carboxylic acids is 2. The highest BCUT2D eigenvalue weighted by Gasteiger charge is 2.32. The molecule has 1 N–H and O–H groups in total. The van der Waals surface area contributed by atoms with Crippen LogP contribution in [0.25, 0.3) is 16.1 Å². The molecular weight excluding hydrogens is 551 g/mol. The van der Waals surface area contributed by atoms with Gasteiger partial charge in [-0.25, -0.2) is 14.3 Å². The SMILES string of the molecule is Cc1nn2cc(CCCC(=O)c3ccc(-c4cccc(C(F)(F)F)c4)c4c3CN(C(=O)NC(C)(C)C)CC4)nc2s1. The molecule has 0 saturated heterocycles. The molecule has 0 saturated carbocycles. The molecule has 41 heavy (non-hydrogen) atoms. The van der Waals surface area contributed by atoms with Gasteiger partial charge in [-0.3, -0.25) is 4.79 Å². The van der Waals surface area contributed by atoms with Crippen LogP contribution in [0, 0.1) is 6.92 Å². The molecule has 0 bridgehead atoms. The van der Waals surface area contributed by atoms with E-state index in [2.05, 4.69) is 15.4 Å². The Bertz CT molecular complexity index is 1590. The summed E-state index contributed by atoms with van der Waals surface area (Å²) in [5.74, 6) is -0.0649. The zero-order chi connectivity index (χ0) is 29.5. The highest BCUT2D eigenvalue weighted by atomic mass is 32.1. The van der Waals surface area contributed by atoms with Crippen LogP contribution in [-0.2, 0) is 25.6 Å². The van der Waals surface area contributed by atoms with E-state index in [-0.39, 0.29) is 24.8 Å². The van der Waals surface area contributed by atoms with Crippen LogP contribution in [-0.4, -0.2) is 43.4 Å². The normalized spacial score (nSPS) is 13.9. The minimum absolute atomic E-state index is 0.0649. The van der Waals surface area contributed by atoms with Gasteiger partial charge in [0.15, 0.2) is 5.78 Å². The van der Waals surface area contributed by atoms with E-state index in [1.165, 1.54) is 17.4 Å². The van der Waals surface area contributed by atoms with Crippen molar-refractivity contribution in [2.24, 2.45) is 0 Å². The molecule has 0 unspecified atom stereocenters. The van der Waals surface area contributed by atoms with Gasteiger partial charge in [-0.15, -0.1) is 0 Å². The first kappa shape index (κ1) is 28.8. The molecule has 216 valence electrons. The van der Waals surface area contributed by atoms with Crippen LogP contribution in [0.1, 0.15) is 71.4 Å². The fraction of sp³-hybridized carbons (Fsp3) is 0.400. The molecule has 0 aliphatic carbocycles. The molecule has 7 nitrogen and oxygen atoms in total. The van der Waals surface area contributed by atoms with Crippen molar-refractivity contribution in [3.05, 3.63) is 75.6 Å². The molecule has 4 aromatic rings. The number of alkyl halides is 3. The number of urea groups is 1. The van der Waals surface area contributed by atoms with E-state index in [4.69, 9.17) is 0 Å². The van der Waals surface area contributed by atoms with Crippen LogP contribution in [0.4, 0.5) is 18.0 Å². The summed E-state index contributed by atoms with van der Waals surface area (Å²) in [4.78, 5) is 33.6. The maximum absolute atomic E-state index is 13.5. The summed E-state index contributed by atoms with van der Waals surface area (Å²) < 4.78 is 42.1. The summed E-state index contributed by atoms with van der Waals surface area (Å²) in [5.41, 5.74) is 2.80. The predicted octanol–water partition coefficient (Wildman–Crippen LogP) is 6.86. The number of carbonyl (C=O) groups is 2. The van der Waals surface area contributed by atoms with Gasteiger partial charge < -0.3 is 10.2 Å². The summed E-state index contributed by atoms with van der Waals surface area (Å²) in [5, 5.41) is 8.27. The molecule has 2 aromatic heterocycles. The average molecular weight is 584 g/mol. The minimum Gasteiger partial charge on any atom is -0.333 e. The number of fused-ring (bicyclic) bond motifs is 2. The van der Waals surface area contributed by atoms with E-state index in [1.54, 1.807) is 27.6 Å². The Morgan fingerprint density at radius 1 is 1.10 bits per heavy atom. The van der Waals surface area contributed by atoms with Crippen molar-refractivity contribution in [1.29, 1.82) is 0 Å². The van der Waals surface area contributed by atoms with Crippen LogP contribution in [0.2, 0.25) is 0 Å². The molecule has 2 aromatic carbocycles. The smallest absolute Gasteiger partial charge is 0.333 e. The number of halogens is 3. The molecule has 11 heteroatoms. The number of nitrogens with zero attached hydrogens (tertiary/aromatic N) is 4. The molecular formula is C30H32F3N5O2S. The van der Waals surface area contributed by atoms with Gasteiger partial charge in [0.25, 0.3) is 0 Å². The van der Waals surface area contributed by atoms with Crippen LogP contribution in [0.15, 0.2) is 42.6 Å². The first-order chi connectivity index (χ1) is 19.3. The van der Waals surface area contributed by atoms with Gasteiger partial charge in [0.1, 0.15) is 5.01 Å². The summed E-state index contributed by atoms with van der Waals surface area (Å²) in [6, 6.07) is 8.43. The van der Waals surface area contributed by atoms with E-state index >= 15 is 0 Å². The first-order valence-electron chi connectivity index (χ1n) is 13.5. The molecule has 5 rings (SSSR count). The second-order valence-electron chi connectivity index (χ2n) is 11.4. The standard InChI is InChI=1S/C30H32F3N5O2S/c1-18-36-38-16-21(34-28(38)41-18)9-6-10-26(39)24-12-11-22(19-7-5-8-20(15-19)30(31,32)33)23-13-14-37(17-25(23)24)27(40)35-29(2,3)4/h5,7-8,11-12,15-16H,6,9-10,13-14,17H2,1-4H3,(H,35,40). The van der Waals surface area contributed by atoms with Gasteiger partial charge in [-0.1, -0.05) is 35.6 Å². The predicted molar refractivity (Wildman–Crippen MR) is 152 cm³/mol. The second-order valence-corrected chi connectivity index (χ2v) is 12.6. The van der Waals surface area contributed by atoms with Crippen LogP contribution < -0.4 is 5.32 Å². The number of aromatic nitrogens is 3. The number of amides is 2. The van der Waals surface area contributed by atoms with Crippen molar-refractivity contribution in [3.8, 4) is 11.1 Å². The number of ketones is 1. The van der Waals surface area contributed by atoms with Crippen LogP contribution in [0.5, 0.6) is 0 Å². The second kappa shape index (κ2) is 10.9. The van der Waals surface area contributed by atoms with Crippen molar-refractivity contribution in [1.82, 2.24) is 24.8 Å². The van der Waals surface area contributed by atoms with E-state index in [0.717, 1.165) is 33.4 Å². The Kier molecular flexibility index (Phi) is 7.67. The molecule has 0 fully saturated rings.